The number of unbranched alkanes of at least 4 members (excludes halogenated alkanes) is 5. The summed E-state index contributed by atoms with van der Waals surface area (Å²) in [5.41, 5.74) is 6.92. The van der Waals surface area contributed by atoms with Gasteiger partial charge < -0.3 is 14.4 Å². The molecule has 8 heteroatoms. The van der Waals surface area contributed by atoms with Crippen LogP contribution < -0.4 is 4.90 Å². The number of nitriles is 1. The average Bonchev–Trinajstić information content (AvgIpc) is 3.77. The van der Waals surface area contributed by atoms with Gasteiger partial charge in [-0.2, -0.15) is 20.3 Å². The number of carbonyl (C=O) groups is 1. The highest BCUT2D eigenvalue weighted by molar-refractivity contribution is 6.00. The van der Waals surface area contributed by atoms with Gasteiger partial charge in [-0.1, -0.05) is 93.6 Å². The van der Waals surface area contributed by atoms with E-state index in [1.165, 1.54) is 31.8 Å². The lowest BCUT2D eigenvalue weighted by molar-refractivity contribution is -0.132. The van der Waals surface area contributed by atoms with Crippen LogP contribution in [0.4, 0.5) is 17.1 Å². The summed E-state index contributed by atoms with van der Waals surface area (Å²) in [6.07, 6.45) is 8.25. The third-order valence-corrected chi connectivity index (χ3v) is 8.29. The second-order valence-corrected chi connectivity index (χ2v) is 11.7. The number of anilines is 3. The SMILES string of the molecule is CCCCCCCCn1nc2c(-c3ccc(N(c4ccccc4)c4ccccc4)cc3)ccc(-c3ccc(/C=C(/C#N)C(=O)O)o3)c2n1. The van der Waals surface area contributed by atoms with Crippen molar-refractivity contribution in [2.45, 2.75) is 52.0 Å². The maximum absolute atomic E-state index is 11.4. The van der Waals surface area contributed by atoms with Gasteiger partial charge in [0.25, 0.3) is 0 Å². The van der Waals surface area contributed by atoms with Crippen molar-refractivity contribution < 1.29 is 14.3 Å². The van der Waals surface area contributed by atoms with Gasteiger partial charge in [-0.05, 0) is 66.6 Å². The molecule has 0 saturated heterocycles. The molecule has 8 nitrogen and oxygen atoms in total. The summed E-state index contributed by atoms with van der Waals surface area (Å²) in [4.78, 5) is 15.4. The number of aryl methyl sites for hydroxylation is 1. The standard InChI is InChI=1S/C40H37N5O3/c1-2-3-4-5-6-13-26-44-42-38-35(23-24-36(39(38)43-44)37-25-22-34(48-37)27-30(28-41)40(46)47)29-18-20-33(21-19-29)45(31-14-9-7-10-15-31)32-16-11-8-12-17-32/h7-12,14-25,27H,2-6,13,26H2,1H3,(H,46,47)/b30-27-. The van der Waals surface area contributed by atoms with Crippen molar-refractivity contribution in [3.8, 4) is 28.5 Å². The highest BCUT2D eigenvalue weighted by Crippen LogP contribution is 2.38. The number of para-hydroxylation sites is 2. The Morgan fingerprint density at radius 1 is 0.771 bits per heavy atom. The molecule has 0 atom stereocenters. The van der Waals surface area contributed by atoms with Crippen molar-refractivity contribution in [2.24, 2.45) is 0 Å². The zero-order valence-corrected chi connectivity index (χ0v) is 26.9. The minimum absolute atomic E-state index is 0.276. The fraction of sp³-hybridized carbons (Fsp3) is 0.200. The van der Waals surface area contributed by atoms with E-state index < -0.39 is 11.5 Å². The Hall–Kier alpha value is -5.94. The van der Waals surface area contributed by atoms with Crippen LogP contribution in [-0.4, -0.2) is 26.1 Å². The van der Waals surface area contributed by atoms with Gasteiger partial charge in [0.2, 0.25) is 0 Å². The van der Waals surface area contributed by atoms with E-state index in [1.807, 2.05) is 48.5 Å². The van der Waals surface area contributed by atoms with E-state index in [9.17, 15) is 15.2 Å². The van der Waals surface area contributed by atoms with Crippen molar-refractivity contribution in [1.82, 2.24) is 15.0 Å². The fourth-order valence-corrected chi connectivity index (χ4v) is 5.85. The van der Waals surface area contributed by atoms with Gasteiger partial charge >= 0.3 is 5.97 Å². The highest BCUT2D eigenvalue weighted by Gasteiger charge is 2.19. The number of hydrogen-bond acceptors (Lipinski definition) is 6. The third-order valence-electron chi connectivity index (χ3n) is 8.29. The second-order valence-electron chi connectivity index (χ2n) is 11.7. The minimum Gasteiger partial charge on any atom is -0.477 e. The summed E-state index contributed by atoms with van der Waals surface area (Å²) < 4.78 is 6.00. The molecule has 4 aromatic carbocycles. The van der Waals surface area contributed by atoms with Crippen LogP contribution in [-0.2, 0) is 11.3 Å². The number of carboxylic acid groups (broad SMARTS) is 1. The number of nitrogens with zero attached hydrogens (tertiary/aromatic N) is 5. The predicted octanol–water partition coefficient (Wildman–Crippen LogP) is 10.2. The van der Waals surface area contributed by atoms with Gasteiger partial charge in [0, 0.05) is 34.3 Å². The lowest BCUT2D eigenvalue weighted by Gasteiger charge is -2.25. The summed E-state index contributed by atoms with van der Waals surface area (Å²) in [5.74, 6) is -0.511. The van der Waals surface area contributed by atoms with Gasteiger partial charge in [-0.25, -0.2) is 4.79 Å². The van der Waals surface area contributed by atoms with E-state index in [0.29, 0.717) is 17.8 Å². The van der Waals surface area contributed by atoms with Crippen molar-refractivity contribution in [2.75, 3.05) is 4.90 Å². The largest absolute Gasteiger partial charge is 0.477 e. The van der Waals surface area contributed by atoms with Crippen molar-refractivity contribution >= 4 is 40.1 Å². The summed E-state index contributed by atoms with van der Waals surface area (Å²) in [6.45, 7) is 2.93. The van der Waals surface area contributed by atoms with Crippen LogP contribution in [0.2, 0.25) is 0 Å². The number of rotatable bonds is 14. The smallest absolute Gasteiger partial charge is 0.346 e. The van der Waals surface area contributed by atoms with Crippen LogP contribution in [0.5, 0.6) is 0 Å². The lowest BCUT2D eigenvalue weighted by atomic mass is 10.00. The highest BCUT2D eigenvalue weighted by atomic mass is 16.4. The molecule has 6 rings (SSSR count). The Morgan fingerprint density at radius 2 is 1.35 bits per heavy atom. The molecule has 6 aromatic rings. The first-order valence-corrected chi connectivity index (χ1v) is 16.4. The number of furan rings is 1. The summed E-state index contributed by atoms with van der Waals surface area (Å²) >= 11 is 0. The predicted molar refractivity (Wildman–Crippen MR) is 190 cm³/mol. The Bertz CT molecular complexity index is 2020. The molecule has 0 aliphatic heterocycles. The van der Waals surface area contributed by atoms with Crippen molar-refractivity contribution in [3.05, 3.63) is 121 Å². The third kappa shape index (κ3) is 7.21. The van der Waals surface area contributed by atoms with Gasteiger partial charge in [0.15, 0.2) is 0 Å². The molecule has 48 heavy (non-hydrogen) atoms. The molecule has 0 fully saturated rings. The average molecular weight is 636 g/mol. The molecule has 0 aliphatic carbocycles. The van der Waals surface area contributed by atoms with Crippen LogP contribution in [0.25, 0.3) is 39.6 Å². The summed E-state index contributed by atoms with van der Waals surface area (Å²) in [5, 5.41) is 28.4. The van der Waals surface area contributed by atoms with Crippen LogP contribution >= 0.6 is 0 Å². The van der Waals surface area contributed by atoms with E-state index in [0.717, 1.165) is 52.1 Å². The van der Waals surface area contributed by atoms with Crippen molar-refractivity contribution in [1.29, 1.82) is 5.26 Å². The molecule has 0 spiro atoms. The topological polar surface area (TPSA) is 108 Å². The molecule has 2 heterocycles. The van der Waals surface area contributed by atoms with E-state index in [-0.39, 0.29) is 5.76 Å². The Labute approximate surface area is 280 Å². The van der Waals surface area contributed by atoms with E-state index in [4.69, 9.17) is 14.6 Å². The molecule has 0 radical (unpaired) electrons. The van der Waals surface area contributed by atoms with Crippen LogP contribution in [0.3, 0.4) is 0 Å². The molecule has 0 aliphatic rings. The molecular weight excluding hydrogens is 598 g/mol. The van der Waals surface area contributed by atoms with Gasteiger partial charge in [-0.3, -0.25) is 0 Å². The number of carboxylic acids is 1. The maximum atomic E-state index is 11.4. The number of fused-ring (bicyclic) bond motifs is 1. The number of aromatic nitrogens is 3. The molecule has 0 amide bonds. The van der Waals surface area contributed by atoms with Gasteiger partial charge in [0.1, 0.15) is 34.2 Å². The van der Waals surface area contributed by atoms with Crippen LogP contribution in [0.15, 0.2) is 119 Å². The van der Waals surface area contributed by atoms with E-state index >= 15 is 0 Å². The number of aliphatic carboxylic acids is 1. The molecule has 1 N–H and O–H groups in total. The molecule has 240 valence electrons. The monoisotopic (exact) mass is 635 g/mol. The summed E-state index contributed by atoms with van der Waals surface area (Å²) in [6, 6.07) is 38.2. The van der Waals surface area contributed by atoms with Crippen LogP contribution in [0.1, 0.15) is 51.2 Å². The Morgan fingerprint density at radius 3 is 1.98 bits per heavy atom. The maximum Gasteiger partial charge on any atom is 0.346 e. The quantitative estimate of drug-likeness (QED) is 0.0721. The molecule has 0 unspecified atom stereocenters. The minimum atomic E-state index is -1.30. The first kappa shape index (κ1) is 32.0. The van der Waals surface area contributed by atoms with Gasteiger partial charge in [-0.15, -0.1) is 0 Å². The number of hydrogen-bond donors (Lipinski definition) is 1. The van der Waals surface area contributed by atoms with Crippen molar-refractivity contribution in [3.63, 3.8) is 0 Å². The molecular formula is C40H37N5O3. The van der Waals surface area contributed by atoms with Crippen LogP contribution in [0, 0.1) is 11.3 Å². The van der Waals surface area contributed by atoms with E-state index in [2.05, 4.69) is 60.4 Å². The second kappa shape index (κ2) is 15.1. The first-order chi connectivity index (χ1) is 23.6. The first-order valence-electron chi connectivity index (χ1n) is 16.4. The zero-order valence-electron chi connectivity index (χ0n) is 26.9. The Balaban J connectivity index is 1.36. The molecule has 0 saturated carbocycles. The molecule has 0 bridgehead atoms. The normalized spacial score (nSPS) is 11.5. The number of benzene rings is 4. The fourth-order valence-electron chi connectivity index (χ4n) is 5.85. The lowest BCUT2D eigenvalue weighted by Crippen LogP contribution is -2.09. The van der Waals surface area contributed by atoms with E-state index in [1.54, 1.807) is 23.0 Å². The summed E-state index contributed by atoms with van der Waals surface area (Å²) in [7, 11) is 0. The Kier molecular flexibility index (Phi) is 10.1. The van der Waals surface area contributed by atoms with Gasteiger partial charge in [0.05, 0.1) is 6.54 Å². The zero-order chi connectivity index (χ0) is 33.3. The molecule has 2 aromatic heterocycles.